The molecular formula is C11H22ClNO2S. The third-order valence-corrected chi connectivity index (χ3v) is 5.59. The van der Waals surface area contributed by atoms with Gasteiger partial charge in [0.05, 0.1) is 5.25 Å². The molecule has 16 heavy (non-hydrogen) atoms. The third-order valence-electron chi connectivity index (χ3n) is 3.28. The third kappa shape index (κ3) is 3.90. The Balaban J connectivity index is 2.62. The van der Waals surface area contributed by atoms with Crippen LogP contribution in [-0.2, 0) is 10.0 Å². The molecule has 1 rings (SSSR count). The minimum Gasteiger partial charge on any atom is -0.212 e. The summed E-state index contributed by atoms with van der Waals surface area (Å²) in [5.41, 5.74) is 0. The van der Waals surface area contributed by atoms with Crippen molar-refractivity contribution in [2.75, 3.05) is 5.88 Å². The molecule has 96 valence electrons. The molecule has 0 aromatic heterocycles. The van der Waals surface area contributed by atoms with E-state index in [1.54, 1.807) is 0 Å². The van der Waals surface area contributed by atoms with Crippen molar-refractivity contribution in [3.8, 4) is 0 Å². The maximum absolute atomic E-state index is 12.1. The Kier molecular flexibility index (Phi) is 5.54. The van der Waals surface area contributed by atoms with Gasteiger partial charge in [-0.3, -0.25) is 0 Å². The van der Waals surface area contributed by atoms with Crippen LogP contribution < -0.4 is 4.72 Å². The predicted octanol–water partition coefficient (Wildman–Crippen LogP) is 2.50. The number of nitrogens with one attached hydrogen (secondary N) is 1. The van der Waals surface area contributed by atoms with Gasteiger partial charge >= 0.3 is 0 Å². The van der Waals surface area contributed by atoms with Crippen LogP contribution in [0.1, 0.15) is 46.0 Å². The molecule has 0 bridgehead atoms. The minimum absolute atomic E-state index is 0.145. The highest BCUT2D eigenvalue weighted by Gasteiger charge is 2.29. The van der Waals surface area contributed by atoms with E-state index in [-0.39, 0.29) is 17.2 Å². The number of alkyl halides is 1. The quantitative estimate of drug-likeness (QED) is 0.778. The van der Waals surface area contributed by atoms with Gasteiger partial charge in [0.25, 0.3) is 0 Å². The summed E-state index contributed by atoms with van der Waals surface area (Å²) in [4.78, 5) is 0. The van der Waals surface area contributed by atoms with Gasteiger partial charge in [0.2, 0.25) is 10.0 Å². The molecule has 0 spiro atoms. The van der Waals surface area contributed by atoms with Crippen molar-refractivity contribution in [3.63, 3.8) is 0 Å². The van der Waals surface area contributed by atoms with Crippen molar-refractivity contribution in [2.24, 2.45) is 5.92 Å². The lowest BCUT2D eigenvalue weighted by Crippen LogP contribution is -2.45. The van der Waals surface area contributed by atoms with Gasteiger partial charge in [0.15, 0.2) is 0 Å². The first-order valence-electron chi connectivity index (χ1n) is 6.04. The summed E-state index contributed by atoms with van der Waals surface area (Å²) in [5, 5.41) is -0.203. The molecule has 0 amide bonds. The number of hydrogen-bond donors (Lipinski definition) is 1. The zero-order valence-corrected chi connectivity index (χ0v) is 11.6. The van der Waals surface area contributed by atoms with Crippen molar-refractivity contribution in [1.82, 2.24) is 4.72 Å². The van der Waals surface area contributed by atoms with Crippen LogP contribution in [0, 0.1) is 5.92 Å². The van der Waals surface area contributed by atoms with Gasteiger partial charge in [-0.1, -0.05) is 33.1 Å². The second-order valence-corrected chi connectivity index (χ2v) is 7.23. The van der Waals surface area contributed by atoms with Gasteiger partial charge in [0, 0.05) is 11.9 Å². The first-order chi connectivity index (χ1) is 7.47. The van der Waals surface area contributed by atoms with Crippen molar-refractivity contribution >= 4 is 21.6 Å². The normalized spacial score (nSPS) is 21.2. The Morgan fingerprint density at radius 1 is 1.25 bits per heavy atom. The average Bonchev–Trinajstić information content (AvgIpc) is 2.27. The largest absolute Gasteiger partial charge is 0.214 e. The first-order valence-corrected chi connectivity index (χ1v) is 8.12. The minimum atomic E-state index is -3.17. The van der Waals surface area contributed by atoms with E-state index in [1.807, 2.05) is 13.8 Å². The molecule has 1 atom stereocenters. The molecule has 1 N–H and O–H groups in total. The molecule has 5 heteroatoms. The molecule has 1 unspecified atom stereocenters. The fourth-order valence-electron chi connectivity index (χ4n) is 2.03. The van der Waals surface area contributed by atoms with E-state index in [4.69, 9.17) is 11.6 Å². The van der Waals surface area contributed by atoms with Crippen LogP contribution in [0.3, 0.4) is 0 Å². The molecule has 0 heterocycles. The van der Waals surface area contributed by atoms with Crippen molar-refractivity contribution in [2.45, 2.75) is 57.2 Å². The second-order valence-electron chi connectivity index (χ2n) is 4.93. The number of halogens is 1. The Hall–Kier alpha value is 0.200. The lowest BCUT2D eigenvalue weighted by atomic mass is 10.0. The predicted molar refractivity (Wildman–Crippen MR) is 68.3 cm³/mol. The van der Waals surface area contributed by atoms with Crippen LogP contribution >= 0.6 is 11.6 Å². The summed E-state index contributed by atoms with van der Waals surface area (Å²) in [6.45, 7) is 3.97. The van der Waals surface area contributed by atoms with E-state index < -0.39 is 10.0 Å². The molecule has 0 aliphatic heterocycles. The van der Waals surface area contributed by atoms with Gasteiger partial charge in [-0.05, 0) is 18.8 Å². The fourth-order valence-corrected chi connectivity index (χ4v) is 4.48. The molecule has 0 radical (unpaired) electrons. The molecule has 1 fully saturated rings. The lowest BCUT2D eigenvalue weighted by molar-refractivity contribution is 0.449. The van der Waals surface area contributed by atoms with Crippen LogP contribution in [0.4, 0.5) is 0 Å². The molecule has 1 saturated carbocycles. The van der Waals surface area contributed by atoms with Gasteiger partial charge in [-0.15, -0.1) is 11.6 Å². The topological polar surface area (TPSA) is 46.2 Å². The highest BCUT2D eigenvalue weighted by Crippen LogP contribution is 2.23. The van der Waals surface area contributed by atoms with E-state index in [0.29, 0.717) is 5.88 Å². The van der Waals surface area contributed by atoms with Gasteiger partial charge in [-0.25, -0.2) is 13.1 Å². The van der Waals surface area contributed by atoms with E-state index in [0.717, 1.165) is 32.1 Å². The molecule has 0 aromatic rings. The average molecular weight is 268 g/mol. The van der Waals surface area contributed by atoms with Crippen LogP contribution in [-0.4, -0.2) is 25.6 Å². The SMILES string of the molecule is CC(C)C(CCl)NS(=O)(=O)C1CCCCC1. The standard InChI is InChI=1S/C11H22ClNO2S/c1-9(2)11(8-12)13-16(14,15)10-6-4-3-5-7-10/h9-11,13H,3-8H2,1-2H3. The monoisotopic (exact) mass is 267 g/mol. The maximum Gasteiger partial charge on any atom is 0.214 e. The zero-order valence-electron chi connectivity index (χ0n) is 10.1. The maximum atomic E-state index is 12.1. The summed E-state index contributed by atoms with van der Waals surface area (Å²) in [6.07, 6.45) is 4.80. The highest BCUT2D eigenvalue weighted by atomic mass is 35.5. The van der Waals surface area contributed by atoms with Gasteiger partial charge in [-0.2, -0.15) is 0 Å². The van der Waals surface area contributed by atoms with E-state index in [9.17, 15) is 8.42 Å². The number of rotatable bonds is 5. The molecule has 0 saturated heterocycles. The summed E-state index contributed by atoms with van der Waals surface area (Å²) in [7, 11) is -3.17. The van der Waals surface area contributed by atoms with Crippen LogP contribution in [0.5, 0.6) is 0 Å². The van der Waals surface area contributed by atoms with Crippen LogP contribution in [0.15, 0.2) is 0 Å². The number of sulfonamides is 1. The van der Waals surface area contributed by atoms with Crippen molar-refractivity contribution < 1.29 is 8.42 Å². The van der Waals surface area contributed by atoms with Gasteiger partial charge < -0.3 is 0 Å². The Bertz CT molecular complexity index is 297. The van der Waals surface area contributed by atoms with Gasteiger partial charge in [0.1, 0.15) is 0 Å². The summed E-state index contributed by atoms with van der Waals surface area (Å²) in [6, 6.07) is -0.145. The molecular weight excluding hydrogens is 246 g/mol. The molecule has 1 aliphatic carbocycles. The fraction of sp³-hybridized carbons (Fsp3) is 1.00. The number of hydrogen-bond acceptors (Lipinski definition) is 2. The Labute approximate surface area is 104 Å². The first kappa shape index (κ1) is 14.3. The Morgan fingerprint density at radius 2 is 1.81 bits per heavy atom. The molecule has 3 nitrogen and oxygen atoms in total. The summed E-state index contributed by atoms with van der Waals surface area (Å²) >= 11 is 5.78. The van der Waals surface area contributed by atoms with E-state index in [1.165, 1.54) is 0 Å². The lowest BCUT2D eigenvalue weighted by Gasteiger charge is -2.26. The smallest absolute Gasteiger partial charge is 0.212 e. The zero-order chi connectivity index (χ0) is 12.2. The van der Waals surface area contributed by atoms with E-state index >= 15 is 0 Å². The van der Waals surface area contributed by atoms with Crippen LogP contribution in [0.25, 0.3) is 0 Å². The second kappa shape index (κ2) is 6.22. The van der Waals surface area contributed by atoms with Crippen LogP contribution in [0.2, 0.25) is 0 Å². The summed E-state index contributed by atoms with van der Waals surface area (Å²) < 4.78 is 26.9. The van der Waals surface area contributed by atoms with Crippen molar-refractivity contribution in [3.05, 3.63) is 0 Å². The molecule has 0 aromatic carbocycles. The van der Waals surface area contributed by atoms with E-state index in [2.05, 4.69) is 4.72 Å². The summed E-state index contributed by atoms with van der Waals surface area (Å²) in [5.74, 6) is 0.569. The highest BCUT2D eigenvalue weighted by molar-refractivity contribution is 7.90. The van der Waals surface area contributed by atoms with Crippen molar-refractivity contribution in [1.29, 1.82) is 0 Å². The molecule has 1 aliphatic rings. The Morgan fingerprint density at radius 3 is 2.25 bits per heavy atom.